The van der Waals surface area contributed by atoms with Crippen molar-refractivity contribution < 1.29 is 0 Å². The summed E-state index contributed by atoms with van der Waals surface area (Å²) in [6, 6.07) is 3.49. The molecule has 2 aromatic rings. The monoisotopic (exact) mass is 254 g/mol. The lowest BCUT2D eigenvalue weighted by atomic mass is 10.1. The molecule has 0 unspecified atom stereocenters. The lowest BCUT2D eigenvalue weighted by molar-refractivity contribution is 1.03. The molecule has 0 saturated carbocycles. The molecule has 1 heterocycles. The molecule has 0 saturated heterocycles. The van der Waals surface area contributed by atoms with Gasteiger partial charge in [-0.1, -0.05) is 30.1 Å². The number of anilines is 1. The molecule has 1 aromatic heterocycles. The van der Waals surface area contributed by atoms with Gasteiger partial charge in [0, 0.05) is 21.8 Å². The topological polar surface area (TPSA) is 38.9 Å². The number of aryl methyl sites for hydroxylation is 1. The van der Waals surface area contributed by atoms with Gasteiger partial charge in [-0.05, 0) is 31.0 Å². The number of hydrogen-bond acceptors (Lipinski definition) is 2. The van der Waals surface area contributed by atoms with Gasteiger partial charge in [0.25, 0.3) is 0 Å². The fraction of sp³-hybridized carbons (Fsp3) is 0.250. The number of nitrogen functional groups attached to an aromatic ring is 1. The Morgan fingerprint density at radius 2 is 2.00 bits per heavy atom. The van der Waals surface area contributed by atoms with Gasteiger partial charge < -0.3 is 5.73 Å². The van der Waals surface area contributed by atoms with Gasteiger partial charge >= 0.3 is 0 Å². The van der Waals surface area contributed by atoms with Crippen LogP contribution in [0.25, 0.3) is 10.9 Å². The van der Waals surface area contributed by atoms with Crippen molar-refractivity contribution in [2.45, 2.75) is 20.3 Å². The van der Waals surface area contributed by atoms with Crippen LogP contribution in [0.2, 0.25) is 10.0 Å². The predicted octanol–water partition coefficient (Wildman–Crippen LogP) is 3.99. The molecule has 0 atom stereocenters. The largest absolute Gasteiger partial charge is 0.398 e. The summed E-state index contributed by atoms with van der Waals surface area (Å²) in [6.45, 7) is 4.01. The molecule has 1 aromatic carbocycles. The molecule has 0 bridgehead atoms. The average Bonchev–Trinajstić information content (AvgIpc) is 2.24. The van der Waals surface area contributed by atoms with Crippen molar-refractivity contribution in [1.29, 1.82) is 0 Å². The molecule has 0 fully saturated rings. The van der Waals surface area contributed by atoms with E-state index in [1.807, 2.05) is 13.8 Å². The van der Waals surface area contributed by atoms with Gasteiger partial charge in [0.15, 0.2) is 0 Å². The highest BCUT2D eigenvalue weighted by molar-refractivity contribution is 6.38. The fourth-order valence-corrected chi connectivity index (χ4v) is 2.34. The summed E-state index contributed by atoms with van der Waals surface area (Å²) in [5, 5.41) is 1.95. The van der Waals surface area contributed by atoms with Crippen molar-refractivity contribution in [2.24, 2.45) is 0 Å². The van der Waals surface area contributed by atoms with Crippen LogP contribution in [0.15, 0.2) is 12.1 Å². The number of benzene rings is 1. The number of aromatic nitrogens is 1. The summed E-state index contributed by atoms with van der Waals surface area (Å²) in [5.74, 6) is 0. The molecule has 2 rings (SSSR count). The number of pyridine rings is 1. The van der Waals surface area contributed by atoms with Gasteiger partial charge in [-0.2, -0.15) is 0 Å². The summed E-state index contributed by atoms with van der Waals surface area (Å²) in [6.07, 6.45) is 0.838. The molecule has 4 heteroatoms. The van der Waals surface area contributed by atoms with Gasteiger partial charge in [0.2, 0.25) is 0 Å². The first kappa shape index (κ1) is 11.5. The van der Waals surface area contributed by atoms with Crippen molar-refractivity contribution in [3.8, 4) is 0 Å². The number of hydrogen-bond donors (Lipinski definition) is 1. The molecule has 2 N–H and O–H groups in total. The minimum absolute atomic E-state index is 0.545. The third kappa shape index (κ3) is 1.72. The van der Waals surface area contributed by atoms with E-state index in [9.17, 15) is 0 Å². The average molecular weight is 255 g/mol. The summed E-state index contributed by atoms with van der Waals surface area (Å²) in [7, 11) is 0. The molecule has 2 nitrogen and oxygen atoms in total. The highest BCUT2D eigenvalue weighted by Gasteiger charge is 2.11. The van der Waals surface area contributed by atoms with Crippen molar-refractivity contribution >= 4 is 39.8 Å². The maximum atomic E-state index is 6.11. The Hall–Kier alpha value is -0.990. The maximum absolute atomic E-state index is 6.11. The normalized spacial score (nSPS) is 11.0. The highest BCUT2D eigenvalue weighted by Crippen LogP contribution is 2.32. The van der Waals surface area contributed by atoms with Crippen molar-refractivity contribution in [2.75, 3.05) is 5.73 Å². The SMILES string of the molecule is CCc1nc2c(Cl)cc(Cl)cc2c(N)c1C. The van der Waals surface area contributed by atoms with Gasteiger partial charge in [-0.25, -0.2) is 0 Å². The number of nitrogens with two attached hydrogens (primary N) is 1. The number of halogens is 2. The van der Waals surface area contributed by atoms with Crippen LogP contribution in [0, 0.1) is 6.92 Å². The number of fused-ring (bicyclic) bond motifs is 1. The van der Waals surface area contributed by atoms with E-state index in [-0.39, 0.29) is 0 Å². The Kier molecular flexibility index (Phi) is 2.96. The minimum atomic E-state index is 0.545. The second kappa shape index (κ2) is 4.11. The van der Waals surface area contributed by atoms with E-state index < -0.39 is 0 Å². The van der Waals surface area contributed by atoms with Crippen LogP contribution in [-0.2, 0) is 6.42 Å². The van der Waals surface area contributed by atoms with Crippen LogP contribution >= 0.6 is 23.2 Å². The fourth-order valence-electron chi connectivity index (χ4n) is 1.81. The molecule has 16 heavy (non-hydrogen) atoms. The number of nitrogens with zero attached hydrogens (tertiary/aromatic N) is 1. The molecule has 0 aliphatic heterocycles. The lowest BCUT2D eigenvalue weighted by Crippen LogP contribution is -2.00. The standard InChI is InChI=1S/C12H12Cl2N2/c1-3-10-6(2)11(15)8-4-7(13)5-9(14)12(8)16-10/h4-5H,3H2,1-2H3,(H2,15,16). The van der Waals surface area contributed by atoms with Crippen LogP contribution in [0.4, 0.5) is 5.69 Å². The van der Waals surface area contributed by atoms with E-state index in [0.717, 1.165) is 28.6 Å². The molecule has 0 spiro atoms. The maximum Gasteiger partial charge on any atom is 0.0913 e. The van der Waals surface area contributed by atoms with E-state index in [4.69, 9.17) is 28.9 Å². The van der Waals surface area contributed by atoms with Crippen molar-refractivity contribution in [3.05, 3.63) is 33.4 Å². The molecule has 0 aliphatic carbocycles. The smallest absolute Gasteiger partial charge is 0.0913 e. The summed E-state index contributed by atoms with van der Waals surface area (Å²) < 4.78 is 0. The zero-order chi connectivity index (χ0) is 11.9. The third-order valence-corrected chi connectivity index (χ3v) is 3.24. The van der Waals surface area contributed by atoms with Gasteiger partial charge in [-0.15, -0.1) is 0 Å². The minimum Gasteiger partial charge on any atom is -0.398 e. The Morgan fingerprint density at radius 1 is 1.31 bits per heavy atom. The van der Waals surface area contributed by atoms with E-state index in [0.29, 0.717) is 15.7 Å². The Morgan fingerprint density at radius 3 is 2.62 bits per heavy atom. The molecular formula is C12H12Cl2N2. The lowest BCUT2D eigenvalue weighted by Gasteiger charge is -2.11. The van der Waals surface area contributed by atoms with Crippen molar-refractivity contribution in [1.82, 2.24) is 4.98 Å². The van der Waals surface area contributed by atoms with E-state index in [1.54, 1.807) is 12.1 Å². The van der Waals surface area contributed by atoms with Crippen molar-refractivity contribution in [3.63, 3.8) is 0 Å². The van der Waals surface area contributed by atoms with Crippen LogP contribution in [0.5, 0.6) is 0 Å². The van der Waals surface area contributed by atoms with Crippen LogP contribution in [0.3, 0.4) is 0 Å². The van der Waals surface area contributed by atoms with Gasteiger partial charge in [0.05, 0.1) is 10.5 Å². The zero-order valence-electron chi connectivity index (χ0n) is 9.14. The highest BCUT2D eigenvalue weighted by atomic mass is 35.5. The Labute approximate surface area is 104 Å². The summed E-state index contributed by atoms with van der Waals surface area (Å²) in [4.78, 5) is 4.52. The van der Waals surface area contributed by atoms with Gasteiger partial charge in [0.1, 0.15) is 0 Å². The molecular weight excluding hydrogens is 243 g/mol. The summed E-state index contributed by atoms with van der Waals surface area (Å²) in [5.41, 5.74) is 9.51. The van der Waals surface area contributed by atoms with E-state index in [2.05, 4.69) is 4.98 Å². The first-order chi connectivity index (χ1) is 7.54. The molecule has 84 valence electrons. The van der Waals surface area contributed by atoms with Crippen LogP contribution in [-0.4, -0.2) is 4.98 Å². The van der Waals surface area contributed by atoms with Gasteiger partial charge in [-0.3, -0.25) is 4.98 Å². The molecule has 0 amide bonds. The van der Waals surface area contributed by atoms with E-state index >= 15 is 0 Å². The Balaban J connectivity index is 2.92. The molecule has 0 radical (unpaired) electrons. The van der Waals surface area contributed by atoms with E-state index in [1.165, 1.54) is 0 Å². The second-order valence-electron chi connectivity index (χ2n) is 3.73. The third-order valence-electron chi connectivity index (χ3n) is 2.74. The zero-order valence-corrected chi connectivity index (χ0v) is 10.7. The first-order valence-electron chi connectivity index (χ1n) is 5.08. The number of rotatable bonds is 1. The quantitative estimate of drug-likeness (QED) is 0.836. The first-order valence-corrected chi connectivity index (χ1v) is 5.84. The predicted molar refractivity (Wildman–Crippen MR) is 70.3 cm³/mol. The van der Waals surface area contributed by atoms with Crippen LogP contribution in [0.1, 0.15) is 18.2 Å². The van der Waals surface area contributed by atoms with Crippen LogP contribution < -0.4 is 5.73 Å². The molecule has 0 aliphatic rings. The summed E-state index contributed by atoms with van der Waals surface area (Å²) >= 11 is 12.1. The second-order valence-corrected chi connectivity index (χ2v) is 4.58. The Bertz CT molecular complexity index is 565.